The number of amides is 1. The Morgan fingerprint density at radius 2 is 0.949 bits per heavy atom. The van der Waals surface area contributed by atoms with Crippen molar-refractivity contribution in [3.05, 3.63) is 0 Å². The number of carbonyl (C=O) groups excluding carboxylic acids is 2. The monoisotopic (exact) mass is 567 g/mol. The van der Waals surface area contributed by atoms with E-state index in [2.05, 4.69) is 12.2 Å². The van der Waals surface area contributed by atoms with Gasteiger partial charge in [0, 0.05) is 13.0 Å². The second-order valence-corrected chi connectivity index (χ2v) is 9.39. The SMILES string of the molecule is CCCCCC(=O)OCCOCCOCCOCCOCCOCCOCCOCCNC(=O)OC(C)(C)C. The number of ether oxygens (including phenoxy) is 9. The van der Waals surface area contributed by atoms with Gasteiger partial charge in [-0.2, -0.15) is 0 Å². The molecule has 0 bridgehead atoms. The van der Waals surface area contributed by atoms with Crippen LogP contribution >= 0.6 is 0 Å². The van der Waals surface area contributed by atoms with E-state index < -0.39 is 11.7 Å². The van der Waals surface area contributed by atoms with E-state index in [1.54, 1.807) is 0 Å². The summed E-state index contributed by atoms with van der Waals surface area (Å²) in [5.41, 5.74) is -0.510. The first-order valence-electron chi connectivity index (χ1n) is 14.0. The normalized spacial score (nSPS) is 11.5. The number of alkyl carbamates (subject to hydrolysis) is 1. The molecular formula is C27H53NO11. The molecule has 0 fully saturated rings. The van der Waals surface area contributed by atoms with Crippen molar-refractivity contribution in [1.29, 1.82) is 0 Å². The van der Waals surface area contributed by atoms with Crippen LogP contribution in [-0.2, 0) is 47.4 Å². The minimum Gasteiger partial charge on any atom is -0.463 e. The Balaban J connectivity index is 3.14. The first-order chi connectivity index (χ1) is 18.8. The molecule has 12 heteroatoms. The van der Waals surface area contributed by atoms with Crippen LogP contribution in [0.1, 0.15) is 53.4 Å². The summed E-state index contributed by atoms with van der Waals surface area (Å²) >= 11 is 0. The summed E-state index contributed by atoms with van der Waals surface area (Å²) in [7, 11) is 0. The molecule has 1 N–H and O–H groups in total. The molecule has 0 aliphatic rings. The fraction of sp³-hybridized carbons (Fsp3) is 0.926. The molecule has 0 aliphatic heterocycles. The van der Waals surface area contributed by atoms with E-state index in [1.165, 1.54) is 0 Å². The Morgan fingerprint density at radius 3 is 1.33 bits per heavy atom. The minimum atomic E-state index is -0.510. The van der Waals surface area contributed by atoms with Gasteiger partial charge in [0.25, 0.3) is 0 Å². The lowest BCUT2D eigenvalue weighted by Crippen LogP contribution is -2.34. The summed E-state index contributed by atoms with van der Waals surface area (Å²) in [4.78, 5) is 22.9. The van der Waals surface area contributed by atoms with Crippen molar-refractivity contribution in [1.82, 2.24) is 5.32 Å². The van der Waals surface area contributed by atoms with E-state index in [0.29, 0.717) is 105 Å². The molecule has 0 atom stereocenters. The van der Waals surface area contributed by atoms with Crippen LogP contribution in [-0.4, -0.2) is 123 Å². The van der Waals surface area contributed by atoms with Crippen molar-refractivity contribution >= 4 is 12.1 Å². The molecule has 232 valence electrons. The van der Waals surface area contributed by atoms with Gasteiger partial charge < -0.3 is 47.9 Å². The third-order valence-corrected chi connectivity index (χ3v) is 4.62. The molecule has 1 amide bonds. The topological polar surface area (TPSA) is 129 Å². The van der Waals surface area contributed by atoms with Crippen LogP contribution in [0.15, 0.2) is 0 Å². The molecule has 0 heterocycles. The van der Waals surface area contributed by atoms with Gasteiger partial charge in [0.1, 0.15) is 12.2 Å². The molecule has 39 heavy (non-hydrogen) atoms. The van der Waals surface area contributed by atoms with Crippen molar-refractivity contribution in [3.8, 4) is 0 Å². The van der Waals surface area contributed by atoms with Gasteiger partial charge in [0.2, 0.25) is 0 Å². The van der Waals surface area contributed by atoms with Gasteiger partial charge in [0.05, 0.1) is 92.5 Å². The number of rotatable bonds is 28. The largest absolute Gasteiger partial charge is 0.463 e. The zero-order valence-electron chi connectivity index (χ0n) is 24.6. The van der Waals surface area contributed by atoms with Crippen LogP contribution in [0.25, 0.3) is 0 Å². The van der Waals surface area contributed by atoms with E-state index in [4.69, 9.17) is 42.6 Å². The summed E-state index contributed by atoms with van der Waals surface area (Å²) in [6.07, 6.45) is 3.03. The maximum Gasteiger partial charge on any atom is 0.407 e. The maximum atomic E-state index is 11.5. The fourth-order valence-corrected chi connectivity index (χ4v) is 2.77. The van der Waals surface area contributed by atoms with Crippen molar-refractivity contribution in [2.45, 2.75) is 59.0 Å². The van der Waals surface area contributed by atoms with E-state index in [1.807, 2.05) is 20.8 Å². The standard InChI is InChI=1S/C27H53NO11/c1-5-6-7-8-25(29)38-24-23-37-22-21-36-20-19-35-18-17-34-16-15-33-14-13-32-12-11-31-10-9-28-26(30)39-27(2,3)4/h5-24H2,1-4H3,(H,28,30). The second kappa shape index (κ2) is 28.0. The Kier molecular flexibility index (Phi) is 26.9. The predicted octanol–water partition coefficient (Wildman–Crippen LogP) is 2.75. The van der Waals surface area contributed by atoms with Crippen LogP contribution < -0.4 is 5.32 Å². The molecule has 0 aromatic heterocycles. The highest BCUT2D eigenvalue weighted by Gasteiger charge is 2.15. The zero-order valence-corrected chi connectivity index (χ0v) is 24.6. The molecule has 0 saturated carbocycles. The Labute approximate surface area is 234 Å². The Hall–Kier alpha value is -1.54. The molecule has 0 unspecified atom stereocenters. The van der Waals surface area contributed by atoms with Gasteiger partial charge in [-0.15, -0.1) is 0 Å². The first kappa shape index (κ1) is 37.5. The van der Waals surface area contributed by atoms with Gasteiger partial charge in [-0.25, -0.2) is 4.79 Å². The molecule has 0 aromatic rings. The lowest BCUT2D eigenvalue weighted by molar-refractivity contribution is -0.145. The average Bonchev–Trinajstić information content (AvgIpc) is 2.87. The number of nitrogens with one attached hydrogen (secondary N) is 1. The first-order valence-corrected chi connectivity index (χ1v) is 14.0. The lowest BCUT2D eigenvalue weighted by Gasteiger charge is -2.19. The van der Waals surface area contributed by atoms with Crippen LogP contribution in [0.2, 0.25) is 0 Å². The summed E-state index contributed by atoms with van der Waals surface area (Å²) < 4.78 is 48.1. The summed E-state index contributed by atoms with van der Waals surface area (Å²) in [6, 6.07) is 0. The highest BCUT2D eigenvalue weighted by molar-refractivity contribution is 5.69. The van der Waals surface area contributed by atoms with Crippen LogP contribution in [0.4, 0.5) is 4.79 Å². The fourth-order valence-electron chi connectivity index (χ4n) is 2.77. The molecule has 0 saturated heterocycles. The van der Waals surface area contributed by atoms with Crippen molar-refractivity contribution < 1.29 is 52.2 Å². The second-order valence-electron chi connectivity index (χ2n) is 9.39. The Bertz CT molecular complexity index is 558. The highest BCUT2D eigenvalue weighted by atomic mass is 16.6. The predicted molar refractivity (Wildman–Crippen MR) is 145 cm³/mol. The maximum absolute atomic E-state index is 11.5. The van der Waals surface area contributed by atoms with Gasteiger partial charge in [0.15, 0.2) is 0 Å². The number of carbonyl (C=O) groups is 2. The highest BCUT2D eigenvalue weighted by Crippen LogP contribution is 2.06. The number of hydrogen-bond donors (Lipinski definition) is 1. The third-order valence-electron chi connectivity index (χ3n) is 4.62. The van der Waals surface area contributed by atoms with Gasteiger partial charge >= 0.3 is 12.1 Å². The Morgan fingerprint density at radius 1 is 0.564 bits per heavy atom. The molecule has 0 aliphatic carbocycles. The molecule has 0 spiro atoms. The quantitative estimate of drug-likeness (QED) is 0.111. The molecule has 0 aromatic carbocycles. The minimum absolute atomic E-state index is 0.162. The smallest absolute Gasteiger partial charge is 0.407 e. The van der Waals surface area contributed by atoms with Crippen molar-refractivity contribution in [2.75, 3.05) is 106 Å². The summed E-state index contributed by atoms with van der Waals surface area (Å²) in [5, 5.41) is 2.62. The number of hydrogen-bond acceptors (Lipinski definition) is 11. The molecule has 0 rings (SSSR count). The molecular weight excluding hydrogens is 514 g/mol. The molecule has 0 radical (unpaired) electrons. The number of unbranched alkanes of at least 4 members (excludes halogenated alkanes) is 2. The van der Waals surface area contributed by atoms with Gasteiger partial charge in [-0.05, 0) is 27.2 Å². The molecule has 12 nitrogen and oxygen atoms in total. The zero-order chi connectivity index (χ0) is 28.9. The van der Waals surface area contributed by atoms with E-state index >= 15 is 0 Å². The van der Waals surface area contributed by atoms with Crippen molar-refractivity contribution in [2.24, 2.45) is 0 Å². The number of esters is 1. The van der Waals surface area contributed by atoms with Gasteiger partial charge in [-0.3, -0.25) is 4.79 Å². The summed E-state index contributed by atoms with van der Waals surface area (Å²) in [6.45, 7) is 14.6. The van der Waals surface area contributed by atoms with Crippen LogP contribution in [0.5, 0.6) is 0 Å². The van der Waals surface area contributed by atoms with E-state index in [-0.39, 0.29) is 12.6 Å². The van der Waals surface area contributed by atoms with Crippen LogP contribution in [0, 0.1) is 0 Å². The van der Waals surface area contributed by atoms with Gasteiger partial charge in [-0.1, -0.05) is 19.8 Å². The van der Waals surface area contributed by atoms with Crippen LogP contribution in [0.3, 0.4) is 0 Å². The van der Waals surface area contributed by atoms with Crippen molar-refractivity contribution in [3.63, 3.8) is 0 Å². The average molecular weight is 568 g/mol. The van der Waals surface area contributed by atoms with E-state index in [0.717, 1.165) is 19.3 Å². The third kappa shape index (κ3) is 32.6. The summed E-state index contributed by atoms with van der Waals surface area (Å²) in [5.74, 6) is -0.162. The van der Waals surface area contributed by atoms with E-state index in [9.17, 15) is 9.59 Å². The lowest BCUT2D eigenvalue weighted by atomic mass is 10.2.